The summed E-state index contributed by atoms with van der Waals surface area (Å²) in [7, 11) is 0. The fourth-order valence-corrected chi connectivity index (χ4v) is 8.25. The molecule has 0 aromatic heterocycles. The number of alkyl halides is 2. The SMILES string of the molecule is C[C@]12CC(Br)C(=O)C=C1C(Br)C[C@@H]1[C@H]2CC[C@]2(C)C(=O)CC[C@@H]12. The minimum Gasteiger partial charge on any atom is -0.299 e. The smallest absolute Gasteiger partial charge is 0.169 e. The lowest BCUT2D eigenvalue weighted by Crippen LogP contribution is -2.54. The molecular weight excluding hydrogens is 420 g/mol. The van der Waals surface area contributed by atoms with Crippen molar-refractivity contribution in [1.82, 2.24) is 0 Å². The van der Waals surface area contributed by atoms with Crippen LogP contribution in [0, 0.1) is 28.6 Å². The lowest BCUT2D eigenvalue weighted by atomic mass is 9.47. The number of Topliss-reactive ketones (excluding diaryl/α,β-unsaturated/α-hetero) is 1. The fourth-order valence-electron chi connectivity index (χ4n) is 6.36. The molecule has 7 atom stereocenters. The Morgan fingerprint density at radius 3 is 2.48 bits per heavy atom. The van der Waals surface area contributed by atoms with Crippen LogP contribution in [0.4, 0.5) is 0 Å². The van der Waals surface area contributed by atoms with Gasteiger partial charge in [-0.15, -0.1) is 0 Å². The number of ketones is 2. The Kier molecular flexibility index (Phi) is 3.78. The van der Waals surface area contributed by atoms with E-state index < -0.39 is 0 Å². The molecule has 4 aliphatic rings. The quantitative estimate of drug-likeness (QED) is 0.502. The van der Waals surface area contributed by atoms with Crippen LogP contribution in [-0.4, -0.2) is 21.2 Å². The molecule has 0 heterocycles. The van der Waals surface area contributed by atoms with Gasteiger partial charge in [0.2, 0.25) is 0 Å². The van der Waals surface area contributed by atoms with Gasteiger partial charge in [0, 0.05) is 16.7 Å². The zero-order valence-corrected chi connectivity index (χ0v) is 17.0. The minimum atomic E-state index is -0.0796. The van der Waals surface area contributed by atoms with Gasteiger partial charge in [0.1, 0.15) is 5.78 Å². The number of rotatable bonds is 0. The molecule has 2 unspecified atom stereocenters. The number of allylic oxidation sites excluding steroid dienone is 1. The summed E-state index contributed by atoms with van der Waals surface area (Å²) in [6, 6.07) is 0. The number of carbonyl (C=O) groups is 2. The number of hydrogen-bond acceptors (Lipinski definition) is 2. The summed E-state index contributed by atoms with van der Waals surface area (Å²) in [5, 5.41) is 0. The van der Waals surface area contributed by atoms with Crippen molar-refractivity contribution in [3.63, 3.8) is 0 Å². The van der Waals surface area contributed by atoms with E-state index in [1.807, 2.05) is 6.08 Å². The second-order valence-corrected chi connectivity index (χ2v) is 10.8. The Morgan fingerprint density at radius 1 is 1.04 bits per heavy atom. The summed E-state index contributed by atoms with van der Waals surface area (Å²) in [5.74, 6) is 2.48. The van der Waals surface area contributed by atoms with Gasteiger partial charge in [-0.05, 0) is 66.9 Å². The highest BCUT2D eigenvalue weighted by molar-refractivity contribution is 9.10. The second-order valence-electron chi connectivity index (χ2n) is 8.59. The van der Waals surface area contributed by atoms with Crippen molar-refractivity contribution in [2.75, 3.05) is 0 Å². The van der Waals surface area contributed by atoms with Gasteiger partial charge < -0.3 is 0 Å². The molecule has 0 spiro atoms. The number of fused-ring (bicyclic) bond motifs is 5. The van der Waals surface area contributed by atoms with Crippen LogP contribution >= 0.6 is 31.9 Å². The molecule has 126 valence electrons. The molecule has 3 fully saturated rings. The maximum Gasteiger partial charge on any atom is 0.169 e. The molecule has 4 rings (SSSR count). The highest BCUT2D eigenvalue weighted by Gasteiger charge is 2.60. The summed E-state index contributed by atoms with van der Waals surface area (Å²) in [4.78, 5) is 24.9. The lowest BCUT2D eigenvalue weighted by Gasteiger charge is -2.58. The van der Waals surface area contributed by atoms with E-state index in [1.165, 1.54) is 5.57 Å². The molecule has 0 aliphatic heterocycles. The van der Waals surface area contributed by atoms with E-state index in [2.05, 4.69) is 45.7 Å². The van der Waals surface area contributed by atoms with E-state index in [0.717, 1.165) is 38.5 Å². The van der Waals surface area contributed by atoms with E-state index in [9.17, 15) is 9.59 Å². The second kappa shape index (κ2) is 5.27. The third-order valence-electron chi connectivity index (χ3n) is 7.65. The first-order valence-corrected chi connectivity index (χ1v) is 10.7. The van der Waals surface area contributed by atoms with Crippen LogP contribution in [0.25, 0.3) is 0 Å². The van der Waals surface area contributed by atoms with Crippen LogP contribution in [0.1, 0.15) is 52.4 Å². The predicted molar refractivity (Wildman–Crippen MR) is 97.9 cm³/mol. The highest BCUT2D eigenvalue weighted by atomic mass is 79.9. The molecule has 0 radical (unpaired) electrons. The van der Waals surface area contributed by atoms with E-state index in [-0.39, 0.29) is 26.3 Å². The number of halogens is 2. The minimum absolute atomic E-state index is 0.0479. The summed E-state index contributed by atoms with van der Waals surface area (Å²) in [6.07, 6.45) is 7.90. The summed E-state index contributed by atoms with van der Waals surface area (Å²) < 4.78 is 0. The molecule has 0 amide bonds. The van der Waals surface area contributed by atoms with Crippen LogP contribution in [0.5, 0.6) is 0 Å². The van der Waals surface area contributed by atoms with Gasteiger partial charge in [-0.3, -0.25) is 9.59 Å². The van der Waals surface area contributed by atoms with Crippen molar-refractivity contribution in [3.05, 3.63) is 11.6 Å². The average Bonchev–Trinajstić information content (AvgIpc) is 2.78. The largest absolute Gasteiger partial charge is 0.299 e. The van der Waals surface area contributed by atoms with E-state index in [1.54, 1.807) is 0 Å². The first kappa shape index (κ1) is 16.5. The average molecular weight is 444 g/mol. The van der Waals surface area contributed by atoms with Crippen LogP contribution in [0.15, 0.2) is 11.6 Å². The monoisotopic (exact) mass is 442 g/mol. The van der Waals surface area contributed by atoms with Crippen LogP contribution in [-0.2, 0) is 9.59 Å². The van der Waals surface area contributed by atoms with Crippen molar-refractivity contribution < 1.29 is 9.59 Å². The molecule has 0 saturated heterocycles. The van der Waals surface area contributed by atoms with Crippen molar-refractivity contribution >= 4 is 43.4 Å². The molecule has 0 aromatic carbocycles. The lowest BCUT2D eigenvalue weighted by molar-refractivity contribution is -0.132. The van der Waals surface area contributed by atoms with Crippen molar-refractivity contribution in [2.45, 2.75) is 62.0 Å². The molecule has 0 aromatic rings. The summed E-state index contributed by atoms with van der Waals surface area (Å²) in [5.41, 5.74) is 1.32. The first-order valence-electron chi connectivity index (χ1n) is 8.85. The van der Waals surface area contributed by atoms with Gasteiger partial charge in [0.05, 0.1) is 4.83 Å². The molecular formula is C19H24Br2O2. The van der Waals surface area contributed by atoms with Crippen molar-refractivity contribution in [1.29, 1.82) is 0 Å². The maximum atomic E-state index is 12.5. The maximum absolute atomic E-state index is 12.5. The predicted octanol–water partition coefficient (Wildman–Crippen LogP) is 4.83. The highest BCUT2D eigenvalue weighted by Crippen LogP contribution is 2.65. The topological polar surface area (TPSA) is 34.1 Å². The Balaban J connectivity index is 1.75. The zero-order valence-electron chi connectivity index (χ0n) is 13.8. The van der Waals surface area contributed by atoms with Gasteiger partial charge in [0.25, 0.3) is 0 Å². The third-order valence-corrected chi connectivity index (χ3v) is 9.29. The van der Waals surface area contributed by atoms with Gasteiger partial charge in [-0.1, -0.05) is 45.7 Å². The van der Waals surface area contributed by atoms with E-state index in [0.29, 0.717) is 23.5 Å². The van der Waals surface area contributed by atoms with Gasteiger partial charge >= 0.3 is 0 Å². The number of hydrogen-bond donors (Lipinski definition) is 0. The molecule has 4 heteroatoms. The Labute approximate surface area is 155 Å². The molecule has 4 aliphatic carbocycles. The summed E-state index contributed by atoms with van der Waals surface area (Å²) in [6.45, 7) is 4.59. The molecule has 0 N–H and O–H groups in total. The standard InChI is InChI=1S/C19H24Br2O2/c1-18-6-5-12-10(11(18)3-4-17(18)23)7-14(20)13-8-16(22)15(21)9-19(12,13)2/h8,10-12,14-15H,3-7,9H2,1-2H3/t10-,11-,12+,14?,15?,18-,19+/m0/s1. The zero-order chi connectivity index (χ0) is 16.6. The van der Waals surface area contributed by atoms with Gasteiger partial charge in [0.15, 0.2) is 5.78 Å². The van der Waals surface area contributed by atoms with Crippen molar-refractivity contribution in [3.8, 4) is 0 Å². The van der Waals surface area contributed by atoms with Crippen LogP contribution in [0.3, 0.4) is 0 Å². The summed E-state index contributed by atoms with van der Waals surface area (Å²) >= 11 is 7.48. The Hall–Kier alpha value is 0.0400. The van der Waals surface area contributed by atoms with Gasteiger partial charge in [-0.25, -0.2) is 0 Å². The Morgan fingerprint density at radius 2 is 1.74 bits per heavy atom. The molecule has 23 heavy (non-hydrogen) atoms. The fraction of sp³-hybridized carbons (Fsp3) is 0.789. The van der Waals surface area contributed by atoms with E-state index >= 15 is 0 Å². The molecule has 3 saturated carbocycles. The van der Waals surface area contributed by atoms with E-state index in [4.69, 9.17) is 0 Å². The third kappa shape index (κ3) is 2.16. The first-order chi connectivity index (χ1) is 10.8. The Bertz CT molecular complexity index is 612. The normalized spacial score (nSPS) is 52.5. The number of carbonyl (C=O) groups excluding carboxylic acids is 2. The molecule has 2 nitrogen and oxygen atoms in total. The van der Waals surface area contributed by atoms with Gasteiger partial charge in [-0.2, -0.15) is 0 Å². The van der Waals surface area contributed by atoms with Crippen molar-refractivity contribution in [2.24, 2.45) is 28.6 Å². The van der Waals surface area contributed by atoms with Crippen LogP contribution < -0.4 is 0 Å². The molecule has 0 bridgehead atoms. The van der Waals surface area contributed by atoms with Crippen LogP contribution in [0.2, 0.25) is 0 Å².